The van der Waals surface area contributed by atoms with Crippen LogP contribution in [0, 0.1) is 5.82 Å². The third kappa shape index (κ3) is 3.52. The van der Waals surface area contributed by atoms with Crippen molar-refractivity contribution in [3.05, 3.63) is 47.5 Å². The van der Waals surface area contributed by atoms with Crippen molar-refractivity contribution < 1.29 is 19.1 Å². The second kappa shape index (κ2) is 7.00. The van der Waals surface area contributed by atoms with Crippen LogP contribution < -0.4 is 5.32 Å². The van der Waals surface area contributed by atoms with Crippen molar-refractivity contribution >= 4 is 11.9 Å². The number of rotatable bonds is 6. The number of amides is 1. The van der Waals surface area contributed by atoms with E-state index < -0.39 is 11.4 Å². The lowest BCUT2D eigenvalue weighted by atomic mass is 9.77. The first-order chi connectivity index (χ1) is 12.0. The molecule has 1 aromatic carbocycles. The van der Waals surface area contributed by atoms with Crippen LogP contribution in [-0.2, 0) is 28.1 Å². The van der Waals surface area contributed by atoms with Crippen LogP contribution >= 0.6 is 0 Å². The van der Waals surface area contributed by atoms with Crippen molar-refractivity contribution in [3.8, 4) is 0 Å². The molecule has 1 fully saturated rings. The zero-order chi connectivity index (χ0) is 17.9. The Morgan fingerprint density at radius 3 is 2.68 bits per heavy atom. The molecule has 1 aliphatic carbocycles. The van der Waals surface area contributed by atoms with Gasteiger partial charge in [-0.2, -0.15) is 0 Å². The molecule has 25 heavy (non-hydrogen) atoms. The number of carboxylic acids is 1. The zero-order valence-corrected chi connectivity index (χ0v) is 13.6. The minimum atomic E-state index is -1.02. The van der Waals surface area contributed by atoms with Gasteiger partial charge in [0.05, 0.1) is 18.2 Å². The van der Waals surface area contributed by atoms with Crippen LogP contribution in [0.15, 0.2) is 30.5 Å². The third-order valence-corrected chi connectivity index (χ3v) is 4.59. The van der Waals surface area contributed by atoms with Crippen molar-refractivity contribution in [2.24, 2.45) is 0 Å². The smallest absolute Gasteiger partial charge is 0.325 e. The normalized spacial score (nSPS) is 15.9. The van der Waals surface area contributed by atoms with Gasteiger partial charge in [-0.05, 0) is 18.9 Å². The average Bonchev–Trinajstić information content (AvgIpc) is 3.23. The number of carbonyl (C=O) groups excluding carboxylic acids is 1. The minimum absolute atomic E-state index is 0.120. The van der Waals surface area contributed by atoms with E-state index >= 15 is 0 Å². The van der Waals surface area contributed by atoms with Gasteiger partial charge in [0.1, 0.15) is 18.1 Å². The van der Waals surface area contributed by atoms with E-state index in [9.17, 15) is 14.0 Å². The lowest BCUT2D eigenvalue weighted by molar-refractivity contribution is -0.138. The highest BCUT2D eigenvalue weighted by Crippen LogP contribution is 2.42. The summed E-state index contributed by atoms with van der Waals surface area (Å²) in [5.41, 5.74) is 0.0263. The van der Waals surface area contributed by atoms with Crippen molar-refractivity contribution in [1.82, 2.24) is 20.3 Å². The maximum atomic E-state index is 14.3. The molecule has 1 amide bonds. The molecule has 3 rings (SSSR count). The van der Waals surface area contributed by atoms with E-state index in [1.165, 1.54) is 16.9 Å². The number of nitrogens with zero attached hydrogens (tertiary/aromatic N) is 3. The fourth-order valence-electron chi connectivity index (χ4n) is 3.42. The molecule has 0 saturated heterocycles. The highest BCUT2D eigenvalue weighted by atomic mass is 19.1. The Bertz CT molecular complexity index is 784. The number of aromatic nitrogens is 3. The van der Waals surface area contributed by atoms with Gasteiger partial charge in [-0.1, -0.05) is 36.3 Å². The number of carbonyl (C=O) groups is 2. The Hall–Kier alpha value is -2.77. The van der Waals surface area contributed by atoms with Gasteiger partial charge in [-0.25, -0.2) is 9.07 Å². The topological polar surface area (TPSA) is 97.1 Å². The molecule has 0 spiro atoms. The number of hydrogen-bond acceptors (Lipinski definition) is 4. The molecule has 1 aliphatic rings. The highest BCUT2D eigenvalue weighted by molar-refractivity contribution is 5.88. The summed E-state index contributed by atoms with van der Waals surface area (Å²) in [6.07, 6.45) is 4.42. The van der Waals surface area contributed by atoms with Gasteiger partial charge in [-0.15, -0.1) is 5.10 Å². The second-order valence-corrected chi connectivity index (χ2v) is 6.25. The first-order valence-corrected chi connectivity index (χ1v) is 8.15. The van der Waals surface area contributed by atoms with E-state index in [1.54, 1.807) is 18.2 Å². The fraction of sp³-hybridized carbons (Fsp3) is 0.412. The quantitative estimate of drug-likeness (QED) is 0.829. The Labute approximate surface area is 143 Å². The Morgan fingerprint density at radius 1 is 1.28 bits per heavy atom. The number of hydrogen-bond donors (Lipinski definition) is 2. The second-order valence-electron chi connectivity index (χ2n) is 6.25. The molecule has 2 N–H and O–H groups in total. The molecule has 1 aromatic heterocycles. The molecular weight excluding hydrogens is 327 g/mol. The third-order valence-electron chi connectivity index (χ3n) is 4.59. The van der Waals surface area contributed by atoms with Gasteiger partial charge in [-0.3, -0.25) is 9.59 Å². The Balaban J connectivity index is 1.73. The zero-order valence-electron chi connectivity index (χ0n) is 13.6. The molecule has 132 valence electrons. The number of nitrogens with one attached hydrogen (secondary N) is 1. The molecule has 0 bridgehead atoms. The Kier molecular flexibility index (Phi) is 4.78. The van der Waals surface area contributed by atoms with E-state index in [2.05, 4.69) is 15.6 Å². The largest absolute Gasteiger partial charge is 0.480 e. The molecule has 0 aliphatic heterocycles. The summed E-state index contributed by atoms with van der Waals surface area (Å²) in [5.74, 6) is -1.63. The van der Waals surface area contributed by atoms with Gasteiger partial charge < -0.3 is 10.4 Å². The van der Waals surface area contributed by atoms with Crippen LogP contribution in [0.3, 0.4) is 0 Å². The minimum Gasteiger partial charge on any atom is -0.480 e. The molecule has 0 atom stereocenters. The molecule has 2 aromatic rings. The van der Waals surface area contributed by atoms with Crippen LogP contribution in [0.25, 0.3) is 0 Å². The van der Waals surface area contributed by atoms with Gasteiger partial charge in [0.25, 0.3) is 0 Å². The number of carboxylic acid groups (broad SMARTS) is 1. The van der Waals surface area contributed by atoms with Crippen LogP contribution in [0.4, 0.5) is 4.39 Å². The lowest BCUT2D eigenvalue weighted by Gasteiger charge is -2.28. The number of benzene rings is 1. The molecule has 0 radical (unpaired) electrons. The van der Waals surface area contributed by atoms with E-state index in [-0.39, 0.29) is 24.8 Å². The SMILES string of the molecule is O=C(O)Cn1cc(CNC(=O)C2(c3ccccc3F)CCCC2)nn1. The summed E-state index contributed by atoms with van der Waals surface area (Å²) < 4.78 is 15.5. The summed E-state index contributed by atoms with van der Waals surface area (Å²) in [6, 6.07) is 6.40. The van der Waals surface area contributed by atoms with Crippen LogP contribution in [0.5, 0.6) is 0 Å². The van der Waals surface area contributed by atoms with Crippen molar-refractivity contribution in [1.29, 1.82) is 0 Å². The first kappa shape index (κ1) is 17.1. The predicted octanol–water partition coefficient (Wildman–Crippen LogP) is 1.63. The number of aliphatic carboxylic acids is 1. The molecule has 7 nitrogen and oxygen atoms in total. The van der Waals surface area contributed by atoms with Gasteiger partial charge in [0.15, 0.2) is 0 Å². The van der Waals surface area contributed by atoms with E-state index in [0.29, 0.717) is 24.1 Å². The summed E-state index contributed by atoms with van der Waals surface area (Å²) in [4.78, 5) is 23.5. The Morgan fingerprint density at radius 2 is 2.00 bits per heavy atom. The number of halogens is 1. The van der Waals surface area contributed by atoms with E-state index in [4.69, 9.17) is 5.11 Å². The summed E-state index contributed by atoms with van der Waals surface area (Å²) in [6.45, 7) is -0.172. The summed E-state index contributed by atoms with van der Waals surface area (Å²) in [7, 11) is 0. The maximum absolute atomic E-state index is 14.3. The molecule has 1 heterocycles. The van der Waals surface area contributed by atoms with Gasteiger partial charge >= 0.3 is 5.97 Å². The summed E-state index contributed by atoms with van der Waals surface area (Å²) in [5, 5.41) is 19.1. The standard InChI is InChI=1S/C17H19FN4O3/c18-14-6-2-1-5-13(14)17(7-3-4-8-17)16(25)19-9-12-10-22(21-20-12)11-15(23)24/h1-2,5-6,10H,3-4,7-9,11H2,(H,19,25)(H,23,24). The molecule has 8 heteroatoms. The van der Waals surface area contributed by atoms with E-state index in [1.807, 2.05) is 0 Å². The molecule has 0 unspecified atom stereocenters. The van der Waals surface area contributed by atoms with Crippen LogP contribution in [-0.4, -0.2) is 32.0 Å². The maximum Gasteiger partial charge on any atom is 0.325 e. The average molecular weight is 346 g/mol. The fourth-order valence-corrected chi connectivity index (χ4v) is 3.42. The van der Waals surface area contributed by atoms with Crippen LogP contribution in [0.1, 0.15) is 36.9 Å². The van der Waals surface area contributed by atoms with Crippen molar-refractivity contribution in [3.63, 3.8) is 0 Å². The van der Waals surface area contributed by atoms with Gasteiger partial charge in [0, 0.05) is 5.56 Å². The highest BCUT2D eigenvalue weighted by Gasteiger charge is 2.44. The lowest BCUT2D eigenvalue weighted by Crippen LogP contribution is -2.43. The molecule has 1 saturated carbocycles. The summed E-state index contributed by atoms with van der Waals surface area (Å²) >= 11 is 0. The van der Waals surface area contributed by atoms with Crippen molar-refractivity contribution in [2.75, 3.05) is 0 Å². The van der Waals surface area contributed by atoms with E-state index in [0.717, 1.165) is 12.8 Å². The van der Waals surface area contributed by atoms with Crippen LogP contribution in [0.2, 0.25) is 0 Å². The predicted molar refractivity (Wildman–Crippen MR) is 86.1 cm³/mol. The van der Waals surface area contributed by atoms with Crippen molar-refractivity contribution in [2.45, 2.75) is 44.2 Å². The monoisotopic (exact) mass is 346 g/mol. The molecular formula is C17H19FN4O3. The van der Waals surface area contributed by atoms with Gasteiger partial charge in [0.2, 0.25) is 5.91 Å². The first-order valence-electron chi connectivity index (χ1n) is 8.15.